The lowest BCUT2D eigenvalue weighted by atomic mass is 9.85. The molecular weight excluding hydrogens is 489 g/mol. The predicted molar refractivity (Wildman–Crippen MR) is 136 cm³/mol. The zero-order valence-electron chi connectivity index (χ0n) is 20.4. The summed E-state index contributed by atoms with van der Waals surface area (Å²) in [6.45, 7) is 5.73. The number of nitrogens with one attached hydrogen (secondary N) is 1. The number of amides is 4. The first-order chi connectivity index (χ1) is 16.7. The summed E-state index contributed by atoms with van der Waals surface area (Å²) in [4.78, 5) is 54.9. The third-order valence-electron chi connectivity index (χ3n) is 6.93. The van der Waals surface area contributed by atoms with Gasteiger partial charge in [0.25, 0.3) is 0 Å². The van der Waals surface area contributed by atoms with Crippen LogP contribution in [-0.4, -0.2) is 52.1 Å². The van der Waals surface area contributed by atoms with Crippen molar-refractivity contribution >= 4 is 46.8 Å². The first-order valence-electron chi connectivity index (χ1n) is 12.2. The van der Waals surface area contributed by atoms with E-state index in [9.17, 15) is 19.2 Å². The molecule has 35 heavy (non-hydrogen) atoms. The first kappa shape index (κ1) is 27.2. The zero-order valence-corrected chi connectivity index (χ0v) is 21.9. The normalized spacial score (nSPS) is 21.0. The molecular formula is C26H33Cl2N3O4. The Morgan fingerprint density at radius 3 is 2.14 bits per heavy atom. The summed E-state index contributed by atoms with van der Waals surface area (Å²) in [5, 5.41) is 3.75. The van der Waals surface area contributed by atoms with Crippen LogP contribution >= 0.6 is 23.2 Å². The van der Waals surface area contributed by atoms with Crippen molar-refractivity contribution in [3.8, 4) is 0 Å². The number of rotatable bonds is 10. The van der Waals surface area contributed by atoms with Gasteiger partial charge in [-0.05, 0) is 44.7 Å². The van der Waals surface area contributed by atoms with Gasteiger partial charge in [0.2, 0.25) is 23.6 Å². The molecule has 0 saturated carbocycles. The van der Waals surface area contributed by atoms with Gasteiger partial charge in [0, 0.05) is 41.2 Å². The van der Waals surface area contributed by atoms with Crippen molar-refractivity contribution in [1.29, 1.82) is 0 Å². The second-order valence-corrected chi connectivity index (χ2v) is 10.0. The minimum atomic E-state index is -0.749. The number of hydrogen-bond acceptors (Lipinski definition) is 4. The van der Waals surface area contributed by atoms with Gasteiger partial charge in [0.05, 0.1) is 11.8 Å². The standard InChI is InChI=1S/C26H33Cl2N3O4/c1-4-16(3)29-24(33)22(5-2)31(15-19-20(27)11-8-12-21(19)28)23(32)13-14-30-25(34)17-9-6-7-10-18(17)26(30)35/h6-8,11-12,16-18,22H,4-5,9-10,13-15H2,1-3H3,(H,29,33)/t16?,17-,18+,22?. The van der Waals surface area contributed by atoms with Gasteiger partial charge < -0.3 is 10.2 Å². The van der Waals surface area contributed by atoms with Gasteiger partial charge in [-0.15, -0.1) is 0 Å². The molecule has 190 valence electrons. The van der Waals surface area contributed by atoms with Crippen LogP contribution in [-0.2, 0) is 25.7 Å². The summed E-state index contributed by atoms with van der Waals surface area (Å²) < 4.78 is 0. The molecule has 1 heterocycles. The van der Waals surface area contributed by atoms with Crippen LogP contribution in [0.4, 0.5) is 0 Å². The number of carbonyl (C=O) groups is 4. The summed E-state index contributed by atoms with van der Waals surface area (Å²) in [5.41, 5.74) is 0.546. The van der Waals surface area contributed by atoms with E-state index in [0.29, 0.717) is 34.9 Å². The molecule has 1 N–H and O–H groups in total. The Morgan fingerprint density at radius 2 is 1.63 bits per heavy atom. The molecule has 3 rings (SSSR count). The van der Waals surface area contributed by atoms with Crippen LogP contribution in [0.2, 0.25) is 10.0 Å². The van der Waals surface area contributed by atoms with Crippen molar-refractivity contribution in [1.82, 2.24) is 15.1 Å². The molecule has 0 radical (unpaired) electrons. The number of benzene rings is 1. The molecule has 0 aromatic heterocycles. The van der Waals surface area contributed by atoms with E-state index in [2.05, 4.69) is 5.32 Å². The summed E-state index contributed by atoms with van der Waals surface area (Å²) in [6, 6.07) is 4.28. The van der Waals surface area contributed by atoms with Gasteiger partial charge in [-0.2, -0.15) is 0 Å². The minimum Gasteiger partial charge on any atom is -0.352 e. The number of nitrogens with zero attached hydrogens (tertiary/aromatic N) is 2. The Labute approximate surface area is 216 Å². The lowest BCUT2D eigenvalue weighted by Crippen LogP contribution is -2.51. The van der Waals surface area contributed by atoms with Crippen LogP contribution in [0.5, 0.6) is 0 Å². The average molecular weight is 522 g/mol. The number of fused-ring (bicyclic) bond motifs is 1. The van der Waals surface area contributed by atoms with E-state index in [4.69, 9.17) is 23.2 Å². The maximum atomic E-state index is 13.5. The van der Waals surface area contributed by atoms with Crippen molar-refractivity contribution in [3.63, 3.8) is 0 Å². The second kappa shape index (κ2) is 12.0. The lowest BCUT2D eigenvalue weighted by Gasteiger charge is -2.32. The molecule has 4 amide bonds. The van der Waals surface area contributed by atoms with Crippen molar-refractivity contribution in [2.24, 2.45) is 11.8 Å². The molecule has 4 atom stereocenters. The van der Waals surface area contributed by atoms with Gasteiger partial charge in [-0.3, -0.25) is 24.1 Å². The molecule has 1 aliphatic heterocycles. The number of halogens is 2. The van der Waals surface area contributed by atoms with Gasteiger partial charge in [-0.25, -0.2) is 0 Å². The summed E-state index contributed by atoms with van der Waals surface area (Å²) in [5.74, 6) is -1.74. The van der Waals surface area contributed by atoms with E-state index in [1.54, 1.807) is 18.2 Å². The third-order valence-corrected chi connectivity index (χ3v) is 7.63. The van der Waals surface area contributed by atoms with Gasteiger partial charge in [-0.1, -0.05) is 55.3 Å². The lowest BCUT2D eigenvalue weighted by molar-refractivity contribution is -0.144. The van der Waals surface area contributed by atoms with E-state index in [1.807, 2.05) is 32.9 Å². The molecule has 1 fully saturated rings. The monoisotopic (exact) mass is 521 g/mol. The van der Waals surface area contributed by atoms with Crippen LogP contribution in [0, 0.1) is 11.8 Å². The summed E-state index contributed by atoms with van der Waals surface area (Å²) in [7, 11) is 0. The molecule has 1 aromatic carbocycles. The van der Waals surface area contributed by atoms with Gasteiger partial charge in [0.15, 0.2) is 0 Å². The Hall–Kier alpha value is -2.38. The summed E-state index contributed by atoms with van der Waals surface area (Å²) in [6.07, 6.45) is 6.00. The highest BCUT2D eigenvalue weighted by Gasteiger charge is 2.47. The highest BCUT2D eigenvalue weighted by atomic mass is 35.5. The Balaban J connectivity index is 1.81. The van der Waals surface area contributed by atoms with Crippen LogP contribution in [0.25, 0.3) is 0 Å². The number of allylic oxidation sites excluding steroid dienone is 2. The van der Waals surface area contributed by atoms with E-state index in [-0.39, 0.29) is 61.0 Å². The quantitative estimate of drug-likeness (QED) is 0.366. The highest BCUT2D eigenvalue weighted by Crippen LogP contribution is 2.35. The second-order valence-electron chi connectivity index (χ2n) is 9.20. The fraction of sp³-hybridized carbons (Fsp3) is 0.538. The molecule has 0 bridgehead atoms. The predicted octanol–water partition coefficient (Wildman–Crippen LogP) is 4.36. The van der Waals surface area contributed by atoms with E-state index in [1.165, 1.54) is 9.80 Å². The number of carbonyl (C=O) groups excluding carboxylic acids is 4. The van der Waals surface area contributed by atoms with Crippen molar-refractivity contribution < 1.29 is 19.2 Å². The van der Waals surface area contributed by atoms with Crippen molar-refractivity contribution in [2.45, 2.75) is 71.5 Å². The van der Waals surface area contributed by atoms with Crippen molar-refractivity contribution in [2.75, 3.05) is 6.54 Å². The SMILES string of the molecule is CCC(C)NC(=O)C(CC)N(Cc1c(Cl)cccc1Cl)C(=O)CCN1C(=O)[C@H]2CC=CC[C@H]2C1=O. The highest BCUT2D eigenvalue weighted by molar-refractivity contribution is 6.36. The Morgan fingerprint density at radius 1 is 1.06 bits per heavy atom. The maximum Gasteiger partial charge on any atom is 0.243 e. The van der Waals surface area contributed by atoms with E-state index < -0.39 is 6.04 Å². The number of imide groups is 1. The van der Waals surface area contributed by atoms with Crippen LogP contribution in [0.3, 0.4) is 0 Å². The average Bonchev–Trinajstić information content (AvgIpc) is 3.08. The molecule has 2 unspecified atom stereocenters. The van der Waals surface area contributed by atoms with Gasteiger partial charge >= 0.3 is 0 Å². The fourth-order valence-electron chi connectivity index (χ4n) is 4.65. The van der Waals surface area contributed by atoms with Crippen LogP contribution in [0.15, 0.2) is 30.4 Å². The van der Waals surface area contributed by atoms with Crippen molar-refractivity contribution in [3.05, 3.63) is 46.0 Å². The minimum absolute atomic E-state index is 0.0142. The number of hydrogen-bond donors (Lipinski definition) is 1. The fourth-order valence-corrected chi connectivity index (χ4v) is 5.17. The number of likely N-dealkylation sites (tertiary alicyclic amines) is 1. The van der Waals surface area contributed by atoms with E-state index in [0.717, 1.165) is 6.42 Å². The first-order valence-corrected chi connectivity index (χ1v) is 13.0. The van der Waals surface area contributed by atoms with Gasteiger partial charge in [0.1, 0.15) is 6.04 Å². The molecule has 1 aliphatic carbocycles. The Kier molecular flexibility index (Phi) is 9.36. The topological polar surface area (TPSA) is 86.8 Å². The van der Waals surface area contributed by atoms with Crippen LogP contribution < -0.4 is 5.32 Å². The molecule has 1 aromatic rings. The van der Waals surface area contributed by atoms with Crippen LogP contribution in [0.1, 0.15) is 58.4 Å². The molecule has 1 saturated heterocycles. The largest absolute Gasteiger partial charge is 0.352 e. The molecule has 0 spiro atoms. The molecule has 7 nitrogen and oxygen atoms in total. The molecule has 2 aliphatic rings. The maximum absolute atomic E-state index is 13.5. The zero-order chi connectivity index (χ0) is 25.7. The molecule has 9 heteroatoms. The third kappa shape index (κ3) is 6.07. The Bertz CT molecular complexity index is 966. The van der Waals surface area contributed by atoms with E-state index >= 15 is 0 Å². The smallest absolute Gasteiger partial charge is 0.243 e. The summed E-state index contributed by atoms with van der Waals surface area (Å²) >= 11 is 12.7.